The summed E-state index contributed by atoms with van der Waals surface area (Å²) in [7, 11) is 0. The van der Waals surface area contributed by atoms with E-state index in [1.54, 1.807) is 0 Å². The molecule has 0 aromatic heterocycles. The van der Waals surface area contributed by atoms with Crippen molar-refractivity contribution in [1.29, 1.82) is 0 Å². The van der Waals surface area contributed by atoms with E-state index < -0.39 is 0 Å². The SMILES string of the molecule is CCSc1ccc(C(=O)CCN2CCC(C)CC2)cc1. The zero-order chi connectivity index (χ0) is 14.4. The molecule has 1 aliphatic rings. The largest absolute Gasteiger partial charge is 0.303 e. The maximum Gasteiger partial charge on any atom is 0.164 e. The van der Waals surface area contributed by atoms with E-state index in [-0.39, 0.29) is 5.78 Å². The Hall–Kier alpha value is -0.800. The van der Waals surface area contributed by atoms with Gasteiger partial charge in [0.15, 0.2) is 5.78 Å². The van der Waals surface area contributed by atoms with Gasteiger partial charge in [-0.15, -0.1) is 11.8 Å². The number of rotatable bonds is 6. The van der Waals surface area contributed by atoms with Crippen molar-refractivity contribution in [1.82, 2.24) is 4.90 Å². The van der Waals surface area contributed by atoms with Gasteiger partial charge in [-0.3, -0.25) is 4.79 Å². The van der Waals surface area contributed by atoms with Crippen LogP contribution in [-0.4, -0.2) is 36.1 Å². The Morgan fingerprint density at radius 2 is 1.90 bits per heavy atom. The molecular formula is C17H25NOS. The second kappa shape index (κ2) is 7.84. The van der Waals surface area contributed by atoms with Crippen LogP contribution < -0.4 is 0 Å². The molecule has 1 fully saturated rings. The monoisotopic (exact) mass is 291 g/mol. The Bertz CT molecular complexity index is 421. The minimum Gasteiger partial charge on any atom is -0.303 e. The van der Waals surface area contributed by atoms with Crippen LogP contribution in [-0.2, 0) is 0 Å². The highest BCUT2D eigenvalue weighted by atomic mass is 32.2. The average Bonchev–Trinajstić information content (AvgIpc) is 2.47. The second-order valence-electron chi connectivity index (χ2n) is 5.65. The van der Waals surface area contributed by atoms with Crippen LogP contribution in [0.15, 0.2) is 29.2 Å². The molecule has 1 aliphatic heterocycles. The van der Waals surface area contributed by atoms with Crippen molar-refractivity contribution in [3.05, 3.63) is 29.8 Å². The summed E-state index contributed by atoms with van der Waals surface area (Å²) in [6.45, 7) is 7.68. The van der Waals surface area contributed by atoms with Crippen molar-refractivity contribution in [2.24, 2.45) is 5.92 Å². The lowest BCUT2D eigenvalue weighted by Crippen LogP contribution is -2.34. The summed E-state index contributed by atoms with van der Waals surface area (Å²) in [6.07, 6.45) is 3.20. The predicted octanol–water partition coefficient (Wildman–Crippen LogP) is 4.10. The van der Waals surface area contributed by atoms with Crippen LogP contribution in [0.5, 0.6) is 0 Å². The van der Waals surface area contributed by atoms with Gasteiger partial charge in [0.1, 0.15) is 0 Å². The minimum atomic E-state index is 0.275. The fourth-order valence-electron chi connectivity index (χ4n) is 2.59. The number of benzene rings is 1. The molecule has 0 amide bonds. The number of carbonyl (C=O) groups is 1. The quantitative estimate of drug-likeness (QED) is 0.581. The molecule has 0 aliphatic carbocycles. The number of thioether (sulfide) groups is 1. The fraction of sp³-hybridized carbons (Fsp3) is 0.588. The van der Waals surface area contributed by atoms with E-state index in [1.165, 1.54) is 17.7 Å². The first-order valence-corrected chi connectivity index (χ1v) is 8.66. The van der Waals surface area contributed by atoms with Gasteiger partial charge in [0.25, 0.3) is 0 Å². The Morgan fingerprint density at radius 3 is 2.50 bits per heavy atom. The molecule has 1 aromatic carbocycles. The predicted molar refractivity (Wildman–Crippen MR) is 86.6 cm³/mol. The third-order valence-corrected chi connectivity index (χ3v) is 4.91. The highest BCUT2D eigenvalue weighted by Gasteiger charge is 2.16. The van der Waals surface area contributed by atoms with Crippen molar-refractivity contribution in [2.45, 2.75) is 38.0 Å². The lowest BCUT2D eigenvalue weighted by molar-refractivity contribution is 0.0953. The van der Waals surface area contributed by atoms with Gasteiger partial charge in [-0.25, -0.2) is 0 Å². The maximum atomic E-state index is 12.2. The lowest BCUT2D eigenvalue weighted by Gasteiger charge is -2.29. The van der Waals surface area contributed by atoms with Crippen LogP contribution in [0.3, 0.4) is 0 Å². The van der Waals surface area contributed by atoms with Crippen molar-refractivity contribution >= 4 is 17.5 Å². The zero-order valence-electron chi connectivity index (χ0n) is 12.6. The maximum absolute atomic E-state index is 12.2. The second-order valence-corrected chi connectivity index (χ2v) is 6.99. The van der Waals surface area contributed by atoms with Gasteiger partial charge in [0.05, 0.1) is 0 Å². The molecule has 0 unspecified atom stereocenters. The Kier molecular flexibility index (Phi) is 6.11. The molecule has 3 heteroatoms. The number of piperidine rings is 1. The summed E-state index contributed by atoms with van der Waals surface area (Å²) in [6, 6.07) is 8.06. The van der Waals surface area contributed by atoms with E-state index in [0.29, 0.717) is 6.42 Å². The fourth-order valence-corrected chi connectivity index (χ4v) is 3.26. The first-order valence-electron chi connectivity index (χ1n) is 7.67. The Labute approximate surface area is 126 Å². The number of carbonyl (C=O) groups excluding carboxylic acids is 1. The summed E-state index contributed by atoms with van der Waals surface area (Å²) in [5, 5.41) is 0. The summed E-state index contributed by atoms with van der Waals surface area (Å²) in [4.78, 5) is 15.9. The summed E-state index contributed by atoms with van der Waals surface area (Å²) in [5.74, 6) is 2.20. The molecule has 0 atom stereocenters. The van der Waals surface area contributed by atoms with Gasteiger partial charge in [-0.2, -0.15) is 0 Å². The molecular weight excluding hydrogens is 266 g/mol. The summed E-state index contributed by atoms with van der Waals surface area (Å²) >= 11 is 1.81. The molecule has 20 heavy (non-hydrogen) atoms. The first-order chi connectivity index (χ1) is 9.69. The van der Waals surface area contributed by atoms with Gasteiger partial charge in [0.2, 0.25) is 0 Å². The van der Waals surface area contributed by atoms with Gasteiger partial charge < -0.3 is 4.90 Å². The van der Waals surface area contributed by atoms with Gasteiger partial charge in [-0.05, 0) is 49.7 Å². The first kappa shape index (κ1) is 15.6. The number of likely N-dealkylation sites (tertiary alicyclic amines) is 1. The molecule has 0 saturated carbocycles. The summed E-state index contributed by atoms with van der Waals surface area (Å²) in [5.41, 5.74) is 0.857. The molecule has 0 N–H and O–H groups in total. The number of hydrogen-bond donors (Lipinski definition) is 0. The van der Waals surface area contributed by atoms with E-state index in [2.05, 4.69) is 30.9 Å². The van der Waals surface area contributed by atoms with Gasteiger partial charge in [-0.1, -0.05) is 26.0 Å². The van der Waals surface area contributed by atoms with E-state index in [4.69, 9.17) is 0 Å². The van der Waals surface area contributed by atoms with Crippen molar-refractivity contribution in [2.75, 3.05) is 25.4 Å². The molecule has 1 aromatic rings. The van der Waals surface area contributed by atoms with Crippen molar-refractivity contribution < 1.29 is 4.79 Å². The Balaban J connectivity index is 1.79. The van der Waals surface area contributed by atoms with Crippen LogP contribution in [0.25, 0.3) is 0 Å². The third-order valence-electron chi connectivity index (χ3n) is 4.02. The highest BCUT2D eigenvalue weighted by molar-refractivity contribution is 7.99. The molecule has 2 nitrogen and oxygen atoms in total. The third kappa shape index (κ3) is 4.64. The molecule has 0 spiro atoms. The van der Waals surface area contributed by atoms with Crippen LogP contribution >= 0.6 is 11.8 Å². The van der Waals surface area contributed by atoms with Gasteiger partial charge in [0, 0.05) is 23.4 Å². The van der Waals surface area contributed by atoms with E-state index in [9.17, 15) is 4.79 Å². The van der Waals surface area contributed by atoms with Crippen LogP contribution in [0.1, 0.15) is 43.5 Å². The average molecular weight is 291 g/mol. The van der Waals surface area contributed by atoms with Crippen molar-refractivity contribution in [3.63, 3.8) is 0 Å². The van der Waals surface area contributed by atoms with Crippen LogP contribution in [0.4, 0.5) is 0 Å². The molecule has 1 heterocycles. The van der Waals surface area contributed by atoms with Crippen molar-refractivity contribution in [3.8, 4) is 0 Å². The zero-order valence-corrected chi connectivity index (χ0v) is 13.4. The van der Waals surface area contributed by atoms with E-state index in [0.717, 1.165) is 36.9 Å². The molecule has 0 radical (unpaired) electrons. The molecule has 0 bridgehead atoms. The topological polar surface area (TPSA) is 20.3 Å². The number of hydrogen-bond acceptors (Lipinski definition) is 3. The normalized spacial score (nSPS) is 17.3. The number of nitrogens with zero attached hydrogens (tertiary/aromatic N) is 1. The number of Topliss-reactive ketones (excluding diaryl/α,β-unsaturated/α-hetero) is 1. The Morgan fingerprint density at radius 1 is 1.25 bits per heavy atom. The molecule has 2 rings (SSSR count). The van der Waals surface area contributed by atoms with E-state index >= 15 is 0 Å². The van der Waals surface area contributed by atoms with E-state index in [1.807, 2.05) is 23.9 Å². The standard InChI is InChI=1S/C17H25NOS/c1-3-20-16-6-4-15(5-7-16)17(19)10-13-18-11-8-14(2)9-12-18/h4-7,14H,3,8-13H2,1-2H3. The summed E-state index contributed by atoms with van der Waals surface area (Å²) < 4.78 is 0. The van der Waals surface area contributed by atoms with Gasteiger partial charge >= 0.3 is 0 Å². The minimum absolute atomic E-state index is 0.275. The van der Waals surface area contributed by atoms with Crippen LogP contribution in [0, 0.1) is 5.92 Å². The number of ketones is 1. The smallest absolute Gasteiger partial charge is 0.164 e. The highest BCUT2D eigenvalue weighted by Crippen LogP contribution is 2.19. The molecule has 110 valence electrons. The van der Waals surface area contributed by atoms with Crippen LogP contribution in [0.2, 0.25) is 0 Å². The lowest BCUT2D eigenvalue weighted by atomic mass is 9.99. The molecule has 1 saturated heterocycles.